The monoisotopic (exact) mass is 461 g/mol. The third-order valence-corrected chi connectivity index (χ3v) is 5.85. The highest BCUT2D eigenvalue weighted by molar-refractivity contribution is 6.43. The van der Waals surface area contributed by atoms with E-state index in [4.69, 9.17) is 28.9 Å². The number of nitrogens with zero attached hydrogens (tertiary/aromatic N) is 7. The molecule has 1 fully saturated rings. The summed E-state index contributed by atoms with van der Waals surface area (Å²) in [6, 6.07) is 9.28. The topological polar surface area (TPSA) is 120 Å². The first-order chi connectivity index (χ1) is 15.0. The number of aromatic amines is 1. The summed E-state index contributed by atoms with van der Waals surface area (Å²) in [7, 11) is 0. The number of benzene rings is 1. The van der Waals surface area contributed by atoms with Gasteiger partial charge in [-0.3, -0.25) is 9.69 Å². The number of carbonyl (C=O) groups is 1. The minimum absolute atomic E-state index is 0.266. The highest BCUT2D eigenvalue weighted by atomic mass is 35.5. The molecule has 0 aliphatic carbocycles. The van der Waals surface area contributed by atoms with Gasteiger partial charge in [-0.15, -0.1) is 5.10 Å². The molecule has 0 radical (unpaired) electrons. The van der Waals surface area contributed by atoms with Crippen molar-refractivity contribution in [3.05, 3.63) is 52.1 Å². The van der Waals surface area contributed by atoms with Crippen molar-refractivity contribution in [3.8, 4) is 0 Å². The Morgan fingerprint density at radius 2 is 1.97 bits per heavy atom. The van der Waals surface area contributed by atoms with Gasteiger partial charge >= 0.3 is 0 Å². The molecule has 2 aromatic heterocycles. The lowest BCUT2D eigenvalue weighted by Gasteiger charge is -2.36. The highest BCUT2D eigenvalue weighted by Gasteiger charge is 2.24. The Morgan fingerprint density at radius 1 is 1.16 bits per heavy atom. The van der Waals surface area contributed by atoms with Gasteiger partial charge in [-0.1, -0.05) is 40.4 Å². The van der Waals surface area contributed by atoms with Gasteiger partial charge in [0.2, 0.25) is 5.91 Å². The second-order valence-corrected chi connectivity index (χ2v) is 7.87. The summed E-state index contributed by atoms with van der Waals surface area (Å²) in [6.45, 7) is 3.60. The number of carbonyl (C=O) groups excluding carboxylic acids is 1. The Bertz CT molecular complexity index is 1040. The molecular formula is C19H21Cl2N9O. The van der Waals surface area contributed by atoms with Gasteiger partial charge in [0.15, 0.2) is 0 Å². The molecule has 0 atom stereocenters. The molecule has 0 saturated carbocycles. The van der Waals surface area contributed by atoms with Crippen LogP contribution in [0.1, 0.15) is 5.56 Å². The molecule has 1 amide bonds. The molecular weight excluding hydrogens is 441 g/mol. The number of rotatable bonds is 7. The van der Waals surface area contributed by atoms with Crippen LogP contribution in [0.3, 0.4) is 0 Å². The number of amides is 1. The van der Waals surface area contributed by atoms with Crippen LogP contribution in [0.5, 0.6) is 0 Å². The number of tetrazole rings is 1. The van der Waals surface area contributed by atoms with Gasteiger partial charge in [0.1, 0.15) is 5.82 Å². The van der Waals surface area contributed by atoms with E-state index >= 15 is 0 Å². The van der Waals surface area contributed by atoms with Crippen molar-refractivity contribution < 1.29 is 4.79 Å². The van der Waals surface area contributed by atoms with Crippen LogP contribution < -0.4 is 15.5 Å². The van der Waals surface area contributed by atoms with Gasteiger partial charge in [0, 0.05) is 37.9 Å². The summed E-state index contributed by atoms with van der Waals surface area (Å²) < 4.78 is 0. The standard InChI is InChI=1S/C19H21Cl2N9O/c20-14-4-1-5-15(17(14)21)30(19-24-26-27-25-19)11-13-3-2-6-23-18(13)29-9-7-28(8-10-29)12-16(22)31/h1-6H,7-12H2,(H2,22,31)(H,24,25,26,27). The predicted octanol–water partition coefficient (Wildman–Crippen LogP) is 1.85. The van der Waals surface area contributed by atoms with Crippen molar-refractivity contribution >= 4 is 46.6 Å². The number of pyridine rings is 1. The van der Waals surface area contributed by atoms with Crippen LogP contribution in [0.4, 0.5) is 17.5 Å². The summed E-state index contributed by atoms with van der Waals surface area (Å²) in [5, 5.41) is 15.3. The fraction of sp³-hybridized carbons (Fsp3) is 0.316. The number of nitrogens with one attached hydrogen (secondary N) is 1. The van der Waals surface area contributed by atoms with E-state index in [0.717, 1.165) is 37.6 Å². The number of piperazine rings is 1. The third kappa shape index (κ3) is 4.87. The van der Waals surface area contributed by atoms with Crippen LogP contribution in [-0.4, -0.2) is 69.1 Å². The van der Waals surface area contributed by atoms with Crippen molar-refractivity contribution in [1.29, 1.82) is 0 Å². The van der Waals surface area contributed by atoms with Crippen LogP contribution in [0, 0.1) is 0 Å². The summed E-state index contributed by atoms with van der Waals surface area (Å²) in [5.41, 5.74) is 6.95. The molecule has 3 N–H and O–H groups in total. The summed E-state index contributed by atoms with van der Waals surface area (Å²) in [5.74, 6) is 0.902. The van der Waals surface area contributed by atoms with E-state index in [1.54, 1.807) is 12.3 Å². The third-order valence-electron chi connectivity index (χ3n) is 5.04. The normalized spacial score (nSPS) is 14.6. The molecule has 0 spiro atoms. The minimum atomic E-state index is -0.318. The van der Waals surface area contributed by atoms with Crippen LogP contribution in [0.25, 0.3) is 0 Å². The van der Waals surface area contributed by atoms with E-state index in [-0.39, 0.29) is 12.5 Å². The average Bonchev–Trinajstić information content (AvgIpc) is 3.29. The van der Waals surface area contributed by atoms with Crippen LogP contribution in [-0.2, 0) is 11.3 Å². The molecule has 1 aliphatic rings. The number of anilines is 3. The van der Waals surface area contributed by atoms with Crippen LogP contribution in [0.2, 0.25) is 10.0 Å². The first-order valence-corrected chi connectivity index (χ1v) is 10.4. The number of nitrogens with two attached hydrogens (primary N) is 1. The molecule has 3 heterocycles. The molecule has 1 aromatic carbocycles. The molecule has 3 aromatic rings. The highest BCUT2D eigenvalue weighted by Crippen LogP contribution is 2.36. The molecule has 31 heavy (non-hydrogen) atoms. The first kappa shape index (κ1) is 21.3. The Balaban J connectivity index is 1.61. The van der Waals surface area contributed by atoms with Crippen molar-refractivity contribution in [2.75, 3.05) is 42.5 Å². The van der Waals surface area contributed by atoms with Crippen LogP contribution in [0.15, 0.2) is 36.5 Å². The second kappa shape index (κ2) is 9.46. The van der Waals surface area contributed by atoms with Gasteiger partial charge in [0.25, 0.3) is 5.95 Å². The Morgan fingerprint density at radius 3 is 2.68 bits per heavy atom. The van der Waals surface area contributed by atoms with E-state index in [2.05, 4.69) is 30.5 Å². The Labute approximate surface area is 188 Å². The Kier molecular flexibility index (Phi) is 6.50. The van der Waals surface area contributed by atoms with Gasteiger partial charge < -0.3 is 15.5 Å². The van der Waals surface area contributed by atoms with E-state index in [1.165, 1.54) is 0 Å². The quantitative estimate of drug-likeness (QED) is 0.546. The molecule has 4 rings (SSSR count). The van der Waals surface area contributed by atoms with E-state index < -0.39 is 0 Å². The zero-order valence-electron chi connectivity index (χ0n) is 16.6. The smallest absolute Gasteiger partial charge is 0.270 e. The molecule has 1 aliphatic heterocycles. The van der Waals surface area contributed by atoms with Crippen molar-refractivity contribution in [2.45, 2.75) is 6.54 Å². The lowest BCUT2D eigenvalue weighted by molar-refractivity contribution is -0.119. The van der Waals surface area contributed by atoms with Crippen molar-refractivity contribution in [2.24, 2.45) is 5.73 Å². The maximum Gasteiger partial charge on any atom is 0.270 e. The molecule has 1 saturated heterocycles. The van der Waals surface area contributed by atoms with Crippen LogP contribution >= 0.6 is 23.2 Å². The van der Waals surface area contributed by atoms with E-state index in [9.17, 15) is 4.79 Å². The minimum Gasteiger partial charge on any atom is -0.369 e. The SMILES string of the molecule is NC(=O)CN1CCN(c2ncccc2CN(c2nn[nH]n2)c2cccc(Cl)c2Cl)CC1. The molecule has 12 heteroatoms. The first-order valence-electron chi connectivity index (χ1n) is 9.67. The number of halogens is 2. The average molecular weight is 462 g/mol. The lowest BCUT2D eigenvalue weighted by atomic mass is 10.2. The Hall–Kier alpha value is -2.95. The van der Waals surface area contributed by atoms with Gasteiger partial charge in [-0.25, -0.2) is 4.98 Å². The summed E-state index contributed by atoms with van der Waals surface area (Å²) in [6.07, 6.45) is 1.76. The number of aromatic nitrogens is 5. The number of hydrogen-bond donors (Lipinski definition) is 2. The fourth-order valence-corrected chi connectivity index (χ4v) is 3.98. The summed E-state index contributed by atoms with van der Waals surface area (Å²) >= 11 is 12.7. The van der Waals surface area contributed by atoms with Gasteiger partial charge in [0.05, 0.1) is 28.8 Å². The zero-order chi connectivity index (χ0) is 21.8. The van der Waals surface area contributed by atoms with Gasteiger partial charge in [-0.2, -0.15) is 5.21 Å². The number of H-pyrrole nitrogens is 1. The molecule has 10 nitrogen and oxygen atoms in total. The second-order valence-electron chi connectivity index (χ2n) is 7.09. The molecule has 0 bridgehead atoms. The number of primary amides is 1. The predicted molar refractivity (Wildman–Crippen MR) is 119 cm³/mol. The lowest BCUT2D eigenvalue weighted by Crippen LogP contribution is -2.49. The summed E-state index contributed by atoms with van der Waals surface area (Å²) in [4.78, 5) is 21.9. The zero-order valence-corrected chi connectivity index (χ0v) is 18.1. The van der Waals surface area contributed by atoms with Crippen molar-refractivity contribution in [3.63, 3.8) is 0 Å². The van der Waals surface area contributed by atoms with Gasteiger partial charge in [-0.05, 0) is 23.4 Å². The van der Waals surface area contributed by atoms with E-state index in [1.807, 2.05) is 34.1 Å². The molecule has 162 valence electrons. The molecule has 0 unspecified atom stereocenters. The van der Waals surface area contributed by atoms with Crippen molar-refractivity contribution in [1.82, 2.24) is 30.5 Å². The maximum atomic E-state index is 11.2. The fourth-order valence-electron chi connectivity index (χ4n) is 3.58. The number of hydrogen-bond acceptors (Lipinski definition) is 8. The van der Waals surface area contributed by atoms with E-state index in [0.29, 0.717) is 28.2 Å². The largest absolute Gasteiger partial charge is 0.369 e. The maximum absolute atomic E-state index is 11.2.